The second kappa shape index (κ2) is 4.59. The van der Waals surface area contributed by atoms with Gasteiger partial charge in [-0.3, -0.25) is 9.59 Å². The summed E-state index contributed by atoms with van der Waals surface area (Å²) < 4.78 is 0. The van der Waals surface area contributed by atoms with Gasteiger partial charge in [-0.1, -0.05) is 27.7 Å². The summed E-state index contributed by atoms with van der Waals surface area (Å²) in [4.78, 5) is 33.8. The molecule has 0 radical (unpaired) electrons. The molecule has 6 nitrogen and oxygen atoms in total. The van der Waals surface area contributed by atoms with Crippen LogP contribution in [-0.4, -0.2) is 34.1 Å². The summed E-state index contributed by atoms with van der Waals surface area (Å²) in [5.41, 5.74) is -0.615. The third-order valence-electron chi connectivity index (χ3n) is 3.61. The van der Waals surface area contributed by atoms with Crippen LogP contribution in [0.4, 0.5) is 0 Å². The fraction of sp³-hybridized carbons (Fsp3) is 0.750. The molecule has 0 aromatic rings. The van der Waals surface area contributed by atoms with Gasteiger partial charge >= 0.3 is 11.9 Å². The molecular formula is C12H19NO5. The van der Waals surface area contributed by atoms with Crippen LogP contribution in [0.15, 0.2) is 0 Å². The fourth-order valence-corrected chi connectivity index (χ4v) is 2.34. The Morgan fingerprint density at radius 1 is 1.11 bits per heavy atom. The van der Waals surface area contributed by atoms with E-state index in [0.29, 0.717) is 0 Å². The molecule has 0 aromatic heterocycles. The molecule has 3 N–H and O–H groups in total. The number of carbonyl (C=O) groups excluding carboxylic acids is 1. The summed E-state index contributed by atoms with van der Waals surface area (Å²) in [5, 5.41) is 20.3. The largest absolute Gasteiger partial charge is 0.481 e. The molecular weight excluding hydrogens is 238 g/mol. The number of rotatable bonds is 5. The maximum Gasteiger partial charge on any atom is 0.326 e. The lowest BCUT2D eigenvalue weighted by atomic mass is 10.0. The van der Waals surface area contributed by atoms with Gasteiger partial charge in [0.1, 0.15) is 6.04 Å². The van der Waals surface area contributed by atoms with Gasteiger partial charge in [-0.2, -0.15) is 0 Å². The molecule has 3 unspecified atom stereocenters. The molecule has 6 heteroatoms. The predicted molar refractivity (Wildman–Crippen MR) is 62.8 cm³/mol. The van der Waals surface area contributed by atoms with Crippen LogP contribution >= 0.6 is 0 Å². The third-order valence-corrected chi connectivity index (χ3v) is 3.61. The van der Waals surface area contributed by atoms with Gasteiger partial charge in [0.05, 0.1) is 11.8 Å². The molecule has 18 heavy (non-hydrogen) atoms. The molecule has 0 aromatic carbocycles. The van der Waals surface area contributed by atoms with Gasteiger partial charge in [0.2, 0.25) is 5.91 Å². The molecule has 0 aliphatic heterocycles. The first kappa shape index (κ1) is 14.5. The summed E-state index contributed by atoms with van der Waals surface area (Å²) >= 11 is 0. The number of carboxylic acids is 2. The Bertz CT molecular complexity index is 388. The van der Waals surface area contributed by atoms with Gasteiger partial charge < -0.3 is 15.5 Å². The van der Waals surface area contributed by atoms with E-state index in [1.54, 1.807) is 27.7 Å². The Morgan fingerprint density at radius 3 is 1.89 bits per heavy atom. The monoisotopic (exact) mass is 257 g/mol. The number of aliphatic carboxylic acids is 2. The Kier molecular flexibility index (Phi) is 3.69. The number of amides is 1. The summed E-state index contributed by atoms with van der Waals surface area (Å²) in [6.45, 7) is 6.76. The summed E-state index contributed by atoms with van der Waals surface area (Å²) in [6, 6.07) is -0.983. The van der Waals surface area contributed by atoms with Crippen LogP contribution in [0.2, 0.25) is 0 Å². The van der Waals surface area contributed by atoms with Crippen LogP contribution in [0.1, 0.15) is 27.7 Å². The van der Waals surface area contributed by atoms with Crippen molar-refractivity contribution in [1.29, 1.82) is 0 Å². The molecule has 1 aliphatic rings. The zero-order valence-electron chi connectivity index (χ0n) is 10.9. The van der Waals surface area contributed by atoms with E-state index in [2.05, 4.69) is 5.32 Å². The van der Waals surface area contributed by atoms with Gasteiger partial charge in [-0.05, 0) is 11.3 Å². The standard InChI is InChI=1S/C12H19NO5/c1-5(2)8(11(17)18)13-9(14)6-7(10(15)16)12(6,3)4/h5-8H,1-4H3,(H,13,14)(H,15,16)(H,17,18). The van der Waals surface area contributed by atoms with Crippen molar-refractivity contribution < 1.29 is 24.6 Å². The van der Waals surface area contributed by atoms with Crippen molar-refractivity contribution in [1.82, 2.24) is 5.32 Å². The Labute approximate surface area is 105 Å². The molecule has 0 saturated heterocycles. The van der Waals surface area contributed by atoms with E-state index < -0.39 is 41.1 Å². The SMILES string of the molecule is CC(C)C(NC(=O)C1C(C(=O)O)C1(C)C)C(=O)O. The van der Waals surface area contributed by atoms with Crippen molar-refractivity contribution in [3.63, 3.8) is 0 Å². The highest BCUT2D eigenvalue weighted by Crippen LogP contribution is 2.58. The highest BCUT2D eigenvalue weighted by molar-refractivity contribution is 5.93. The Hall–Kier alpha value is -1.59. The smallest absolute Gasteiger partial charge is 0.326 e. The van der Waals surface area contributed by atoms with E-state index in [-0.39, 0.29) is 5.92 Å². The normalized spacial score (nSPS) is 26.5. The van der Waals surface area contributed by atoms with Gasteiger partial charge in [0, 0.05) is 0 Å². The second-order valence-corrected chi connectivity index (χ2v) is 5.68. The average Bonchev–Trinajstić information content (AvgIpc) is 2.76. The molecule has 1 rings (SSSR count). The molecule has 1 saturated carbocycles. The zero-order valence-corrected chi connectivity index (χ0v) is 10.9. The van der Waals surface area contributed by atoms with Crippen molar-refractivity contribution in [2.45, 2.75) is 33.7 Å². The lowest BCUT2D eigenvalue weighted by Gasteiger charge is -2.18. The van der Waals surface area contributed by atoms with E-state index in [1.807, 2.05) is 0 Å². The molecule has 3 atom stereocenters. The van der Waals surface area contributed by atoms with Crippen LogP contribution in [0.25, 0.3) is 0 Å². The predicted octanol–water partition coefficient (Wildman–Crippen LogP) is 0.569. The van der Waals surface area contributed by atoms with Crippen molar-refractivity contribution in [2.24, 2.45) is 23.2 Å². The van der Waals surface area contributed by atoms with Crippen LogP contribution in [0.3, 0.4) is 0 Å². The lowest BCUT2D eigenvalue weighted by Crippen LogP contribution is -2.45. The number of hydrogen-bond acceptors (Lipinski definition) is 3. The van der Waals surface area contributed by atoms with E-state index in [1.165, 1.54) is 0 Å². The molecule has 0 spiro atoms. The van der Waals surface area contributed by atoms with Gasteiger partial charge in [-0.25, -0.2) is 4.79 Å². The summed E-state index contributed by atoms with van der Waals surface area (Å²) in [7, 11) is 0. The quantitative estimate of drug-likeness (QED) is 0.668. The number of nitrogens with one attached hydrogen (secondary N) is 1. The van der Waals surface area contributed by atoms with Crippen molar-refractivity contribution in [2.75, 3.05) is 0 Å². The highest BCUT2D eigenvalue weighted by atomic mass is 16.4. The molecule has 0 bridgehead atoms. The van der Waals surface area contributed by atoms with Crippen molar-refractivity contribution >= 4 is 17.8 Å². The molecule has 1 fully saturated rings. The fourth-order valence-electron chi connectivity index (χ4n) is 2.34. The number of carbonyl (C=O) groups is 3. The van der Waals surface area contributed by atoms with Crippen molar-refractivity contribution in [3.05, 3.63) is 0 Å². The van der Waals surface area contributed by atoms with Crippen LogP contribution in [-0.2, 0) is 14.4 Å². The number of carboxylic acid groups (broad SMARTS) is 2. The zero-order chi connectivity index (χ0) is 14.2. The van der Waals surface area contributed by atoms with E-state index in [9.17, 15) is 14.4 Å². The van der Waals surface area contributed by atoms with E-state index in [4.69, 9.17) is 10.2 Å². The average molecular weight is 257 g/mol. The minimum absolute atomic E-state index is 0.253. The summed E-state index contributed by atoms with van der Waals surface area (Å²) in [6.07, 6.45) is 0. The first-order chi connectivity index (χ1) is 8.10. The summed E-state index contributed by atoms with van der Waals surface area (Å²) in [5.74, 6) is -4.26. The van der Waals surface area contributed by atoms with Crippen LogP contribution < -0.4 is 5.32 Å². The van der Waals surface area contributed by atoms with Crippen LogP contribution in [0.5, 0.6) is 0 Å². The first-order valence-corrected chi connectivity index (χ1v) is 5.86. The lowest BCUT2D eigenvalue weighted by molar-refractivity contribution is -0.143. The first-order valence-electron chi connectivity index (χ1n) is 5.86. The van der Waals surface area contributed by atoms with Gasteiger partial charge in [-0.15, -0.1) is 0 Å². The molecule has 102 valence electrons. The van der Waals surface area contributed by atoms with E-state index in [0.717, 1.165) is 0 Å². The van der Waals surface area contributed by atoms with Gasteiger partial charge in [0.15, 0.2) is 0 Å². The molecule has 1 aliphatic carbocycles. The highest BCUT2D eigenvalue weighted by Gasteiger charge is 2.66. The minimum Gasteiger partial charge on any atom is -0.481 e. The Morgan fingerprint density at radius 2 is 1.61 bits per heavy atom. The third kappa shape index (κ3) is 2.47. The van der Waals surface area contributed by atoms with E-state index >= 15 is 0 Å². The van der Waals surface area contributed by atoms with Gasteiger partial charge in [0.25, 0.3) is 0 Å². The maximum atomic E-state index is 11.9. The molecule has 1 amide bonds. The second-order valence-electron chi connectivity index (χ2n) is 5.68. The topological polar surface area (TPSA) is 104 Å². The Balaban J connectivity index is 2.73. The minimum atomic E-state index is -1.11. The van der Waals surface area contributed by atoms with Crippen molar-refractivity contribution in [3.8, 4) is 0 Å². The van der Waals surface area contributed by atoms with Crippen LogP contribution in [0, 0.1) is 23.2 Å². The number of hydrogen-bond donors (Lipinski definition) is 3. The maximum absolute atomic E-state index is 11.9. The molecule has 0 heterocycles.